The molecule has 98 valence electrons. The van der Waals surface area contributed by atoms with Gasteiger partial charge in [0.2, 0.25) is 5.88 Å². The minimum atomic E-state index is -0.573. The fourth-order valence-electron chi connectivity index (χ4n) is 1.65. The van der Waals surface area contributed by atoms with Crippen molar-refractivity contribution in [2.45, 2.75) is 13.5 Å². The van der Waals surface area contributed by atoms with Crippen LogP contribution in [0.5, 0.6) is 11.6 Å². The maximum atomic E-state index is 11.3. The highest BCUT2D eigenvalue weighted by Gasteiger charge is 2.12. The first-order valence-electron chi connectivity index (χ1n) is 5.84. The molecule has 1 amide bonds. The molecule has 0 aliphatic heterocycles. The molecule has 0 saturated carbocycles. The van der Waals surface area contributed by atoms with Crippen molar-refractivity contribution in [3.63, 3.8) is 0 Å². The number of ether oxygens (including phenoxy) is 1. The Balaban J connectivity index is 2.38. The fourth-order valence-corrected chi connectivity index (χ4v) is 1.65. The smallest absolute Gasteiger partial charge is 0.254 e. The molecule has 0 atom stereocenters. The number of nitrogens with zero attached hydrogens (tertiary/aromatic N) is 1. The van der Waals surface area contributed by atoms with Crippen LogP contribution in [0.15, 0.2) is 36.5 Å². The van der Waals surface area contributed by atoms with Crippen molar-refractivity contribution in [1.82, 2.24) is 4.98 Å². The lowest BCUT2D eigenvalue weighted by Crippen LogP contribution is -2.13. The Hall–Kier alpha value is -2.40. The molecule has 0 saturated heterocycles. The van der Waals surface area contributed by atoms with Crippen LogP contribution in [0.25, 0.3) is 0 Å². The lowest BCUT2D eigenvalue weighted by Gasteiger charge is -2.11. The summed E-state index contributed by atoms with van der Waals surface area (Å²) in [6.07, 6.45) is 1.55. The number of aryl methyl sites for hydroxylation is 1. The van der Waals surface area contributed by atoms with Crippen molar-refractivity contribution >= 4 is 5.91 Å². The monoisotopic (exact) mass is 257 g/mol. The molecule has 0 aliphatic carbocycles. The molecule has 1 aromatic heterocycles. The van der Waals surface area contributed by atoms with Crippen molar-refractivity contribution < 1.29 is 9.53 Å². The summed E-state index contributed by atoms with van der Waals surface area (Å²) in [6, 6.07) is 8.87. The maximum absolute atomic E-state index is 11.3. The zero-order valence-corrected chi connectivity index (χ0v) is 10.6. The van der Waals surface area contributed by atoms with Gasteiger partial charge < -0.3 is 16.2 Å². The predicted molar refractivity (Wildman–Crippen MR) is 71.9 cm³/mol. The topological polar surface area (TPSA) is 91.2 Å². The number of benzene rings is 1. The Morgan fingerprint density at radius 1 is 1.37 bits per heavy atom. The van der Waals surface area contributed by atoms with E-state index in [1.54, 1.807) is 18.3 Å². The predicted octanol–water partition coefficient (Wildman–Crippen LogP) is 1.74. The molecule has 0 fully saturated rings. The van der Waals surface area contributed by atoms with Gasteiger partial charge in [-0.3, -0.25) is 4.79 Å². The van der Waals surface area contributed by atoms with Gasteiger partial charge in [0.15, 0.2) is 0 Å². The summed E-state index contributed by atoms with van der Waals surface area (Å²) < 4.78 is 5.68. The number of pyridine rings is 1. The van der Waals surface area contributed by atoms with Crippen LogP contribution in [0.2, 0.25) is 0 Å². The van der Waals surface area contributed by atoms with Crippen LogP contribution in [-0.2, 0) is 6.54 Å². The molecule has 0 spiro atoms. The highest BCUT2D eigenvalue weighted by Crippen LogP contribution is 2.26. The minimum absolute atomic E-state index is 0.201. The second kappa shape index (κ2) is 5.49. The first kappa shape index (κ1) is 13.0. The minimum Gasteiger partial charge on any atom is -0.438 e. The van der Waals surface area contributed by atoms with Gasteiger partial charge in [-0.15, -0.1) is 0 Å². The molecular formula is C14H15N3O2. The number of nitrogens with two attached hydrogens (primary N) is 2. The molecule has 5 nitrogen and oxygen atoms in total. The lowest BCUT2D eigenvalue weighted by molar-refractivity contribution is 0.0997. The number of hydrogen-bond donors (Lipinski definition) is 2. The normalized spacial score (nSPS) is 10.2. The van der Waals surface area contributed by atoms with Crippen molar-refractivity contribution in [2.75, 3.05) is 0 Å². The quantitative estimate of drug-likeness (QED) is 0.872. The summed E-state index contributed by atoms with van der Waals surface area (Å²) in [4.78, 5) is 15.3. The molecule has 5 heteroatoms. The number of primary amides is 1. The second-order valence-corrected chi connectivity index (χ2v) is 4.13. The van der Waals surface area contributed by atoms with Gasteiger partial charge in [-0.1, -0.05) is 12.1 Å². The van der Waals surface area contributed by atoms with E-state index >= 15 is 0 Å². The van der Waals surface area contributed by atoms with E-state index in [9.17, 15) is 4.79 Å². The van der Waals surface area contributed by atoms with Crippen molar-refractivity contribution in [2.24, 2.45) is 11.5 Å². The molecule has 1 aromatic carbocycles. The number of hydrogen-bond acceptors (Lipinski definition) is 4. The molecule has 0 unspecified atom stereocenters. The summed E-state index contributed by atoms with van der Waals surface area (Å²) in [6.45, 7) is 2.32. The summed E-state index contributed by atoms with van der Waals surface area (Å²) >= 11 is 0. The van der Waals surface area contributed by atoms with Crippen molar-refractivity contribution in [3.8, 4) is 11.6 Å². The molecule has 0 aliphatic rings. The first-order valence-corrected chi connectivity index (χ1v) is 5.84. The summed E-state index contributed by atoms with van der Waals surface area (Å²) in [5.41, 5.74) is 13.0. The second-order valence-electron chi connectivity index (χ2n) is 4.13. The number of carbonyl (C=O) groups excluding carboxylic acids is 1. The number of aromatic nitrogens is 1. The van der Waals surface area contributed by atoms with E-state index in [1.165, 1.54) is 0 Å². The lowest BCUT2D eigenvalue weighted by atomic mass is 10.1. The van der Waals surface area contributed by atoms with E-state index in [4.69, 9.17) is 16.2 Å². The van der Waals surface area contributed by atoms with Crippen LogP contribution >= 0.6 is 0 Å². The molecule has 4 N–H and O–H groups in total. The zero-order valence-electron chi connectivity index (χ0n) is 10.6. The van der Waals surface area contributed by atoms with Gasteiger partial charge in [0.05, 0.1) is 0 Å². The van der Waals surface area contributed by atoms with Crippen LogP contribution in [0.1, 0.15) is 21.5 Å². The standard InChI is InChI=1S/C14H15N3O2/c1-9-4-5-10(8-15)7-12(9)19-14-11(13(16)18)3-2-6-17-14/h2-7H,8,15H2,1H3,(H2,16,18). The molecule has 0 radical (unpaired) electrons. The van der Waals surface area contributed by atoms with Crippen LogP contribution in [-0.4, -0.2) is 10.9 Å². The van der Waals surface area contributed by atoms with Gasteiger partial charge in [0.1, 0.15) is 11.3 Å². The van der Waals surface area contributed by atoms with E-state index < -0.39 is 5.91 Å². The molecule has 2 rings (SSSR count). The Morgan fingerprint density at radius 2 is 2.16 bits per heavy atom. The fraction of sp³-hybridized carbons (Fsp3) is 0.143. The molecule has 2 aromatic rings. The Labute approximate surface area is 111 Å². The van der Waals surface area contributed by atoms with Gasteiger partial charge in [-0.25, -0.2) is 4.98 Å². The molecule has 0 bridgehead atoms. The summed E-state index contributed by atoms with van der Waals surface area (Å²) in [5, 5.41) is 0. The number of amides is 1. The number of rotatable bonds is 4. The van der Waals surface area contributed by atoms with Crippen LogP contribution in [0.4, 0.5) is 0 Å². The first-order chi connectivity index (χ1) is 9.11. The van der Waals surface area contributed by atoms with Crippen LogP contribution in [0, 0.1) is 6.92 Å². The van der Waals surface area contributed by atoms with Gasteiger partial charge in [-0.05, 0) is 36.2 Å². The van der Waals surface area contributed by atoms with Crippen LogP contribution < -0.4 is 16.2 Å². The molecular weight excluding hydrogens is 242 g/mol. The number of carbonyl (C=O) groups is 1. The van der Waals surface area contributed by atoms with E-state index in [2.05, 4.69) is 4.98 Å². The highest BCUT2D eigenvalue weighted by atomic mass is 16.5. The maximum Gasteiger partial charge on any atom is 0.254 e. The third kappa shape index (κ3) is 2.89. The van der Waals surface area contributed by atoms with Gasteiger partial charge in [-0.2, -0.15) is 0 Å². The largest absolute Gasteiger partial charge is 0.438 e. The summed E-state index contributed by atoms with van der Waals surface area (Å²) in [7, 11) is 0. The van der Waals surface area contributed by atoms with E-state index in [-0.39, 0.29) is 11.4 Å². The Kier molecular flexibility index (Phi) is 3.77. The van der Waals surface area contributed by atoms with E-state index in [1.807, 2.05) is 25.1 Å². The van der Waals surface area contributed by atoms with Crippen LogP contribution in [0.3, 0.4) is 0 Å². The van der Waals surface area contributed by atoms with Gasteiger partial charge >= 0.3 is 0 Å². The van der Waals surface area contributed by atoms with Gasteiger partial charge in [0.25, 0.3) is 5.91 Å². The zero-order chi connectivity index (χ0) is 13.8. The van der Waals surface area contributed by atoms with Crippen molar-refractivity contribution in [3.05, 3.63) is 53.2 Å². The van der Waals surface area contributed by atoms with E-state index in [0.29, 0.717) is 12.3 Å². The average Bonchev–Trinajstić information content (AvgIpc) is 2.41. The van der Waals surface area contributed by atoms with Gasteiger partial charge in [0, 0.05) is 12.7 Å². The Morgan fingerprint density at radius 3 is 2.84 bits per heavy atom. The SMILES string of the molecule is Cc1ccc(CN)cc1Oc1ncccc1C(N)=O. The molecule has 19 heavy (non-hydrogen) atoms. The molecule has 1 heterocycles. The Bertz CT molecular complexity index is 611. The third-order valence-corrected chi connectivity index (χ3v) is 2.73. The third-order valence-electron chi connectivity index (χ3n) is 2.73. The highest BCUT2D eigenvalue weighted by molar-refractivity contribution is 5.95. The summed E-state index contributed by atoms with van der Waals surface area (Å²) in [5.74, 6) is 0.243. The average molecular weight is 257 g/mol. The van der Waals surface area contributed by atoms with Crippen molar-refractivity contribution in [1.29, 1.82) is 0 Å². The van der Waals surface area contributed by atoms with E-state index in [0.717, 1.165) is 11.1 Å².